The molecule has 0 aliphatic carbocycles. The number of carbonyl (C=O) groups excluding carboxylic acids is 2. The van der Waals surface area contributed by atoms with E-state index in [2.05, 4.69) is 10.0 Å². The molecule has 9 heteroatoms. The van der Waals surface area contributed by atoms with Crippen LogP contribution >= 0.6 is 0 Å². The van der Waals surface area contributed by atoms with Gasteiger partial charge in [0.15, 0.2) is 0 Å². The first-order chi connectivity index (χ1) is 13.2. The second-order valence-corrected chi connectivity index (χ2v) is 9.05. The van der Waals surface area contributed by atoms with E-state index < -0.39 is 16.1 Å². The van der Waals surface area contributed by atoms with Crippen LogP contribution in [0.15, 0.2) is 29.2 Å². The number of anilines is 1. The van der Waals surface area contributed by atoms with Crippen LogP contribution in [0.1, 0.15) is 33.6 Å². The van der Waals surface area contributed by atoms with Crippen molar-refractivity contribution in [1.29, 1.82) is 0 Å². The third-order valence-electron chi connectivity index (χ3n) is 4.54. The molecule has 2 unspecified atom stereocenters. The normalized spacial score (nSPS) is 18.3. The number of benzene rings is 1. The molecule has 1 aliphatic heterocycles. The first-order valence-corrected chi connectivity index (χ1v) is 10.9. The van der Waals surface area contributed by atoms with Gasteiger partial charge in [-0.2, -0.15) is 0 Å². The van der Waals surface area contributed by atoms with E-state index >= 15 is 0 Å². The van der Waals surface area contributed by atoms with Gasteiger partial charge in [0.1, 0.15) is 6.04 Å². The molecule has 2 amide bonds. The zero-order chi connectivity index (χ0) is 20.9. The van der Waals surface area contributed by atoms with Gasteiger partial charge in [0.25, 0.3) is 0 Å². The van der Waals surface area contributed by atoms with Gasteiger partial charge in [-0.15, -0.1) is 0 Å². The summed E-state index contributed by atoms with van der Waals surface area (Å²) < 4.78 is 32.1. The summed E-state index contributed by atoms with van der Waals surface area (Å²) in [5, 5.41) is 2.78. The first-order valence-electron chi connectivity index (χ1n) is 9.38. The van der Waals surface area contributed by atoms with Gasteiger partial charge in [-0.25, -0.2) is 13.1 Å². The number of amides is 2. The number of rotatable bonds is 8. The Bertz CT molecular complexity index is 792. The maximum Gasteiger partial charge on any atom is 0.247 e. The van der Waals surface area contributed by atoms with Gasteiger partial charge in [-0.3, -0.25) is 9.59 Å². The van der Waals surface area contributed by atoms with Crippen molar-refractivity contribution in [3.8, 4) is 0 Å². The van der Waals surface area contributed by atoms with Gasteiger partial charge < -0.3 is 15.0 Å². The highest BCUT2D eigenvalue weighted by atomic mass is 32.2. The molecule has 2 N–H and O–H groups in total. The molecule has 8 nitrogen and oxygen atoms in total. The summed E-state index contributed by atoms with van der Waals surface area (Å²) in [5.41, 5.74) is 0.484. The fourth-order valence-electron chi connectivity index (χ4n) is 3.19. The van der Waals surface area contributed by atoms with Crippen molar-refractivity contribution in [2.24, 2.45) is 5.92 Å². The lowest BCUT2D eigenvalue weighted by atomic mass is 10.1. The fourth-order valence-corrected chi connectivity index (χ4v) is 4.42. The van der Waals surface area contributed by atoms with Crippen molar-refractivity contribution < 1.29 is 22.7 Å². The molecule has 0 spiro atoms. The summed E-state index contributed by atoms with van der Waals surface area (Å²) in [6.45, 7) is 6.19. The lowest BCUT2D eigenvalue weighted by molar-refractivity contribution is -0.139. The van der Waals surface area contributed by atoms with Gasteiger partial charge in [0, 0.05) is 31.3 Å². The molecule has 156 valence electrons. The van der Waals surface area contributed by atoms with Crippen LogP contribution in [0.25, 0.3) is 0 Å². The average molecular weight is 412 g/mol. The number of nitrogens with one attached hydrogen (secondary N) is 2. The topological polar surface area (TPSA) is 105 Å². The summed E-state index contributed by atoms with van der Waals surface area (Å²) in [5.74, 6) is -0.449. The molecule has 28 heavy (non-hydrogen) atoms. The van der Waals surface area contributed by atoms with Crippen molar-refractivity contribution in [1.82, 2.24) is 9.62 Å². The Kier molecular flexibility index (Phi) is 7.56. The van der Waals surface area contributed by atoms with Gasteiger partial charge in [-0.05, 0) is 44.0 Å². The molecule has 1 aromatic carbocycles. The summed E-state index contributed by atoms with van der Waals surface area (Å²) in [6.07, 6.45) is 1.41. The van der Waals surface area contributed by atoms with Crippen molar-refractivity contribution in [3.63, 3.8) is 0 Å². The number of sulfonamides is 1. The standard InChI is InChI=1S/C19H29N3O5S/c1-13(2)19(24)22-11-5-6-17(22)18(23)20-15-7-9-16(10-8-15)28(25,26)21-14(3)12-27-4/h7-10,13-14,17,21H,5-6,11-12H2,1-4H3,(H,20,23). The van der Waals surface area contributed by atoms with Crippen LogP contribution in [0, 0.1) is 5.92 Å². The Labute approximate surface area is 166 Å². The second-order valence-electron chi connectivity index (χ2n) is 7.34. The van der Waals surface area contributed by atoms with Crippen LogP contribution in [0.5, 0.6) is 0 Å². The summed E-state index contributed by atoms with van der Waals surface area (Å²) >= 11 is 0. The van der Waals surface area contributed by atoms with Crippen LogP contribution in [0.3, 0.4) is 0 Å². The molecule has 1 aromatic rings. The highest BCUT2D eigenvalue weighted by Gasteiger charge is 2.34. The largest absolute Gasteiger partial charge is 0.383 e. The van der Waals surface area contributed by atoms with Crippen molar-refractivity contribution in [2.75, 3.05) is 25.6 Å². The third-order valence-corrected chi connectivity index (χ3v) is 6.14. The first kappa shape index (κ1) is 22.3. The zero-order valence-electron chi connectivity index (χ0n) is 16.8. The number of carbonyl (C=O) groups is 2. The monoisotopic (exact) mass is 411 g/mol. The van der Waals surface area contributed by atoms with E-state index in [0.29, 0.717) is 18.7 Å². The maximum atomic E-state index is 12.6. The SMILES string of the molecule is COCC(C)NS(=O)(=O)c1ccc(NC(=O)C2CCCN2C(=O)C(C)C)cc1. The van der Waals surface area contributed by atoms with Crippen LogP contribution in [0.4, 0.5) is 5.69 Å². The van der Waals surface area contributed by atoms with Crippen LogP contribution in [-0.4, -0.2) is 57.5 Å². The number of hydrogen-bond donors (Lipinski definition) is 2. The van der Waals surface area contributed by atoms with Crippen molar-refractivity contribution in [3.05, 3.63) is 24.3 Å². The van der Waals surface area contributed by atoms with Crippen LogP contribution in [-0.2, 0) is 24.3 Å². The smallest absolute Gasteiger partial charge is 0.247 e. The minimum absolute atomic E-state index is 0.0321. The summed E-state index contributed by atoms with van der Waals surface area (Å²) in [6, 6.07) is 5.09. The van der Waals surface area contributed by atoms with E-state index in [4.69, 9.17) is 4.74 Å². The predicted octanol–water partition coefficient (Wildman–Crippen LogP) is 1.59. The molecular weight excluding hydrogens is 382 g/mol. The highest BCUT2D eigenvalue weighted by Crippen LogP contribution is 2.22. The van der Waals surface area contributed by atoms with E-state index in [0.717, 1.165) is 6.42 Å². The molecule has 0 saturated carbocycles. The quantitative estimate of drug-likeness (QED) is 0.676. The molecule has 0 bridgehead atoms. The molecule has 0 radical (unpaired) electrons. The predicted molar refractivity (Wildman–Crippen MR) is 106 cm³/mol. The molecule has 1 aliphatic rings. The number of nitrogens with zero attached hydrogens (tertiary/aromatic N) is 1. The Morgan fingerprint density at radius 1 is 1.21 bits per heavy atom. The number of methoxy groups -OCH3 is 1. The molecule has 1 saturated heterocycles. The molecule has 2 atom stereocenters. The van der Waals surface area contributed by atoms with E-state index in [9.17, 15) is 18.0 Å². The third kappa shape index (κ3) is 5.52. The zero-order valence-corrected chi connectivity index (χ0v) is 17.6. The lowest BCUT2D eigenvalue weighted by Gasteiger charge is -2.25. The minimum atomic E-state index is -3.67. The molecule has 1 heterocycles. The van der Waals surface area contributed by atoms with Gasteiger partial charge in [0.05, 0.1) is 11.5 Å². The lowest BCUT2D eigenvalue weighted by Crippen LogP contribution is -2.44. The van der Waals surface area contributed by atoms with Crippen molar-refractivity contribution in [2.45, 2.75) is 50.6 Å². The molecule has 0 aromatic heterocycles. The Hall–Kier alpha value is -1.97. The fraction of sp³-hybridized carbons (Fsp3) is 0.579. The average Bonchev–Trinajstić information content (AvgIpc) is 3.11. The van der Waals surface area contributed by atoms with E-state index in [1.54, 1.807) is 11.8 Å². The maximum absolute atomic E-state index is 12.6. The second kappa shape index (κ2) is 9.49. The minimum Gasteiger partial charge on any atom is -0.383 e. The van der Waals surface area contributed by atoms with E-state index in [1.165, 1.54) is 31.4 Å². The highest BCUT2D eigenvalue weighted by molar-refractivity contribution is 7.89. The number of ether oxygens (including phenoxy) is 1. The summed E-state index contributed by atoms with van der Waals surface area (Å²) in [4.78, 5) is 26.6. The Morgan fingerprint density at radius 3 is 2.43 bits per heavy atom. The molecule has 2 rings (SSSR count). The van der Waals surface area contributed by atoms with Gasteiger partial charge in [0.2, 0.25) is 21.8 Å². The Morgan fingerprint density at radius 2 is 1.86 bits per heavy atom. The van der Waals surface area contributed by atoms with E-state index in [-0.39, 0.29) is 35.3 Å². The number of likely N-dealkylation sites (tertiary alicyclic amines) is 1. The van der Waals surface area contributed by atoms with E-state index in [1.807, 2.05) is 13.8 Å². The molecular formula is C19H29N3O5S. The van der Waals surface area contributed by atoms with Gasteiger partial charge in [-0.1, -0.05) is 13.8 Å². The van der Waals surface area contributed by atoms with Crippen molar-refractivity contribution >= 4 is 27.5 Å². The summed E-state index contributed by atoms with van der Waals surface area (Å²) in [7, 11) is -2.17. The number of hydrogen-bond acceptors (Lipinski definition) is 5. The van der Waals surface area contributed by atoms with Crippen LogP contribution < -0.4 is 10.0 Å². The van der Waals surface area contributed by atoms with Gasteiger partial charge >= 0.3 is 0 Å². The van der Waals surface area contributed by atoms with Crippen LogP contribution in [0.2, 0.25) is 0 Å². The Balaban J connectivity index is 2.04. The molecule has 1 fully saturated rings.